The number of halogens is 2. The molecule has 2 saturated heterocycles. The predicted molar refractivity (Wildman–Crippen MR) is 92.5 cm³/mol. The van der Waals surface area contributed by atoms with Crippen molar-refractivity contribution in [2.45, 2.75) is 38.6 Å². The van der Waals surface area contributed by atoms with Crippen LogP contribution in [-0.4, -0.2) is 62.0 Å². The van der Waals surface area contributed by atoms with Crippen LogP contribution in [-0.2, 0) is 4.79 Å². The molecule has 21 heavy (non-hydrogen) atoms. The standard InChI is InChI=1S/C15H29N3O.2ClH/c1-12(13-10-16-11-13)15(19)18(3)9-7-14-6-4-5-8-17(14)2;;/h12-14,16H,4-11H2,1-3H3;2*1H. The highest BCUT2D eigenvalue weighted by Crippen LogP contribution is 2.20. The van der Waals surface area contributed by atoms with Crippen LogP contribution in [0.25, 0.3) is 0 Å². The molecular weight excluding hydrogens is 309 g/mol. The van der Waals surface area contributed by atoms with Gasteiger partial charge in [0.05, 0.1) is 0 Å². The van der Waals surface area contributed by atoms with Gasteiger partial charge in [-0.05, 0) is 51.9 Å². The van der Waals surface area contributed by atoms with E-state index in [1.807, 2.05) is 11.9 Å². The Morgan fingerprint density at radius 2 is 2.00 bits per heavy atom. The van der Waals surface area contributed by atoms with Gasteiger partial charge >= 0.3 is 0 Å². The average molecular weight is 340 g/mol. The van der Waals surface area contributed by atoms with Crippen molar-refractivity contribution in [2.24, 2.45) is 11.8 Å². The van der Waals surface area contributed by atoms with E-state index in [1.165, 1.54) is 25.8 Å². The van der Waals surface area contributed by atoms with E-state index in [0.717, 1.165) is 26.1 Å². The summed E-state index contributed by atoms with van der Waals surface area (Å²) in [4.78, 5) is 16.7. The Morgan fingerprint density at radius 1 is 1.33 bits per heavy atom. The molecule has 0 saturated carbocycles. The molecule has 6 heteroatoms. The molecule has 0 aromatic carbocycles. The van der Waals surface area contributed by atoms with Gasteiger partial charge in [0.25, 0.3) is 0 Å². The molecular formula is C15H31Cl2N3O. The van der Waals surface area contributed by atoms with Crippen LogP contribution in [0.1, 0.15) is 32.6 Å². The Hall–Kier alpha value is -0.0300. The van der Waals surface area contributed by atoms with E-state index in [-0.39, 0.29) is 30.7 Å². The van der Waals surface area contributed by atoms with Gasteiger partial charge in [-0.1, -0.05) is 13.3 Å². The largest absolute Gasteiger partial charge is 0.345 e. The van der Waals surface area contributed by atoms with Gasteiger partial charge in [-0.2, -0.15) is 0 Å². The van der Waals surface area contributed by atoms with Crippen molar-refractivity contribution in [2.75, 3.05) is 40.3 Å². The maximum absolute atomic E-state index is 12.3. The Bertz CT molecular complexity index is 313. The second kappa shape index (κ2) is 9.88. The number of rotatable bonds is 5. The van der Waals surface area contributed by atoms with Crippen molar-refractivity contribution in [3.8, 4) is 0 Å². The van der Waals surface area contributed by atoms with Gasteiger partial charge in [0, 0.05) is 25.6 Å². The molecule has 0 spiro atoms. The van der Waals surface area contributed by atoms with Gasteiger partial charge in [-0.25, -0.2) is 0 Å². The third-order valence-corrected chi connectivity index (χ3v) is 5.01. The quantitative estimate of drug-likeness (QED) is 0.832. The maximum atomic E-state index is 12.3. The Kier molecular flexibility index (Phi) is 9.87. The van der Waals surface area contributed by atoms with Crippen LogP contribution in [0.3, 0.4) is 0 Å². The van der Waals surface area contributed by atoms with Crippen LogP contribution >= 0.6 is 24.8 Å². The molecule has 2 aliphatic rings. The summed E-state index contributed by atoms with van der Waals surface area (Å²) in [5.74, 6) is 1.05. The Balaban J connectivity index is 0.00000200. The van der Waals surface area contributed by atoms with E-state index < -0.39 is 0 Å². The summed E-state index contributed by atoms with van der Waals surface area (Å²) in [5.41, 5.74) is 0. The lowest BCUT2D eigenvalue weighted by atomic mass is 9.88. The van der Waals surface area contributed by atoms with Gasteiger partial charge in [-0.3, -0.25) is 4.79 Å². The van der Waals surface area contributed by atoms with Crippen molar-refractivity contribution in [1.29, 1.82) is 0 Å². The average Bonchev–Trinajstić information content (AvgIpc) is 2.34. The first-order valence-corrected chi connectivity index (χ1v) is 7.75. The number of piperidine rings is 1. The SMILES string of the molecule is CC(C(=O)N(C)CCC1CCCCN1C)C1CNC1.Cl.Cl. The summed E-state index contributed by atoms with van der Waals surface area (Å²) in [6, 6.07) is 0.671. The van der Waals surface area contributed by atoms with Crippen LogP contribution in [0.5, 0.6) is 0 Å². The molecule has 1 N–H and O–H groups in total. The highest BCUT2D eigenvalue weighted by Gasteiger charge is 2.30. The zero-order valence-electron chi connectivity index (χ0n) is 13.5. The molecule has 2 atom stereocenters. The number of nitrogens with zero attached hydrogens (tertiary/aromatic N) is 2. The summed E-state index contributed by atoms with van der Waals surface area (Å²) < 4.78 is 0. The van der Waals surface area contributed by atoms with Gasteiger partial charge in [0.2, 0.25) is 5.91 Å². The van der Waals surface area contributed by atoms with E-state index in [0.29, 0.717) is 17.9 Å². The van der Waals surface area contributed by atoms with Gasteiger partial charge in [0.1, 0.15) is 0 Å². The number of hydrogen-bond acceptors (Lipinski definition) is 3. The Labute approximate surface area is 141 Å². The molecule has 2 unspecified atom stereocenters. The molecule has 126 valence electrons. The molecule has 4 nitrogen and oxygen atoms in total. The smallest absolute Gasteiger partial charge is 0.225 e. The van der Waals surface area contributed by atoms with Crippen LogP contribution in [0.15, 0.2) is 0 Å². The lowest BCUT2D eigenvalue weighted by Crippen LogP contribution is -2.50. The molecule has 0 radical (unpaired) electrons. The van der Waals surface area contributed by atoms with Gasteiger partial charge in [0.15, 0.2) is 0 Å². The number of nitrogens with one attached hydrogen (secondary N) is 1. The first kappa shape index (κ1) is 21.0. The zero-order chi connectivity index (χ0) is 13.8. The lowest BCUT2D eigenvalue weighted by Gasteiger charge is -2.36. The fourth-order valence-corrected chi connectivity index (χ4v) is 3.18. The second-order valence-corrected chi connectivity index (χ2v) is 6.39. The predicted octanol–water partition coefficient (Wildman–Crippen LogP) is 2.02. The number of amides is 1. The van der Waals surface area contributed by atoms with Crippen molar-refractivity contribution >= 4 is 30.7 Å². The summed E-state index contributed by atoms with van der Waals surface area (Å²) >= 11 is 0. The first-order valence-electron chi connectivity index (χ1n) is 7.75. The van der Waals surface area contributed by atoms with E-state index in [4.69, 9.17) is 0 Å². The third kappa shape index (κ3) is 5.59. The maximum Gasteiger partial charge on any atom is 0.225 e. The number of carbonyl (C=O) groups is 1. The summed E-state index contributed by atoms with van der Waals surface area (Å²) in [6.45, 7) is 6.21. The minimum absolute atomic E-state index is 0. The van der Waals surface area contributed by atoms with E-state index in [2.05, 4.69) is 24.2 Å². The monoisotopic (exact) mass is 339 g/mol. The van der Waals surface area contributed by atoms with Crippen LogP contribution in [0.2, 0.25) is 0 Å². The molecule has 0 aromatic rings. The molecule has 2 rings (SSSR count). The molecule has 1 amide bonds. The second-order valence-electron chi connectivity index (χ2n) is 6.39. The number of likely N-dealkylation sites (tertiary alicyclic amines) is 1. The highest BCUT2D eigenvalue weighted by atomic mass is 35.5. The summed E-state index contributed by atoms with van der Waals surface area (Å²) in [7, 11) is 4.18. The van der Waals surface area contributed by atoms with E-state index in [9.17, 15) is 4.79 Å². The highest BCUT2D eigenvalue weighted by molar-refractivity contribution is 5.85. The number of carbonyl (C=O) groups excluding carboxylic acids is 1. The fraction of sp³-hybridized carbons (Fsp3) is 0.933. The molecule has 2 heterocycles. The normalized spacial score (nSPS) is 24.2. The topological polar surface area (TPSA) is 35.6 Å². The molecule has 2 aliphatic heterocycles. The molecule has 2 fully saturated rings. The lowest BCUT2D eigenvalue weighted by molar-refractivity contribution is -0.136. The summed E-state index contributed by atoms with van der Waals surface area (Å²) in [5, 5.41) is 3.25. The third-order valence-electron chi connectivity index (χ3n) is 5.01. The van der Waals surface area contributed by atoms with Gasteiger partial charge in [-0.15, -0.1) is 24.8 Å². The molecule has 0 aromatic heterocycles. The minimum atomic E-state index is 0. The molecule has 0 aliphatic carbocycles. The van der Waals surface area contributed by atoms with Crippen LogP contribution < -0.4 is 5.32 Å². The minimum Gasteiger partial charge on any atom is -0.345 e. The van der Waals surface area contributed by atoms with Crippen molar-refractivity contribution in [1.82, 2.24) is 15.1 Å². The fourth-order valence-electron chi connectivity index (χ4n) is 3.18. The van der Waals surface area contributed by atoms with Crippen molar-refractivity contribution in [3.05, 3.63) is 0 Å². The van der Waals surface area contributed by atoms with Crippen molar-refractivity contribution in [3.63, 3.8) is 0 Å². The number of hydrogen-bond donors (Lipinski definition) is 1. The first-order chi connectivity index (χ1) is 9.09. The van der Waals surface area contributed by atoms with Crippen LogP contribution in [0.4, 0.5) is 0 Å². The van der Waals surface area contributed by atoms with Gasteiger partial charge < -0.3 is 15.1 Å². The Morgan fingerprint density at radius 3 is 2.52 bits per heavy atom. The summed E-state index contributed by atoms with van der Waals surface area (Å²) in [6.07, 6.45) is 5.08. The van der Waals surface area contributed by atoms with Crippen LogP contribution in [0, 0.1) is 11.8 Å². The van der Waals surface area contributed by atoms with Crippen molar-refractivity contribution < 1.29 is 4.79 Å². The zero-order valence-corrected chi connectivity index (χ0v) is 15.1. The van der Waals surface area contributed by atoms with E-state index >= 15 is 0 Å². The van der Waals surface area contributed by atoms with E-state index in [1.54, 1.807) is 0 Å². The molecule has 0 bridgehead atoms.